The first kappa shape index (κ1) is 25.8. The van der Waals surface area contributed by atoms with Gasteiger partial charge in [-0.2, -0.15) is 0 Å². The summed E-state index contributed by atoms with van der Waals surface area (Å²) in [4.78, 5) is 12.2. The van der Waals surface area contributed by atoms with Crippen molar-refractivity contribution in [3.05, 3.63) is 0 Å². The van der Waals surface area contributed by atoms with E-state index in [1.165, 1.54) is 0 Å². The second kappa shape index (κ2) is 9.35. The molecule has 0 heterocycles. The summed E-state index contributed by atoms with van der Waals surface area (Å²) in [6.07, 6.45) is 0.257. The highest BCUT2D eigenvalue weighted by atomic mass is 28.4. The Hall–Kier alpha value is -0.176. The Bertz CT molecular complexity index is 416. The lowest BCUT2D eigenvalue weighted by atomic mass is 10.1. The number of ether oxygens (including phenoxy) is 1. The molecular formula is C20H44O4Si2. The number of carbonyl (C=O) groups is 1. The fourth-order valence-electron chi connectivity index (χ4n) is 1.80. The Kier molecular flexibility index (Phi) is 9.28. The zero-order chi connectivity index (χ0) is 21.0. The molecule has 0 aromatic carbocycles. The molecule has 0 fully saturated rings. The van der Waals surface area contributed by atoms with E-state index in [1.54, 1.807) is 0 Å². The molecule has 0 aliphatic carbocycles. The van der Waals surface area contributed by atoms with Crippen molar-refractivity contribution < 1.29 is 18.4 Å². The van der Waals surface area contributed by atoms with E-state index in [2.05, 4.69) is 67.7 Å². The van der Waals surface area contributed by atoms with Crippen LogP contribution in [0, 0.1) is 5.92 Å². The lowest BCUT2D eigenvalue weighted by molar-refractivity contribution is -0.149. The molecule has 0 radical (unpaired) electrons. The minimum absolute atomic E-state index is 0.0319. The highest BCUT2D eigenvalue weighted by Crippen LogP contribution is 2.38. The highest BCUT2D eigenvalue weighted by molar-refractivity contribution is 6.74. The van der Waals surface area contributed by atoms with Gasteiger partial charge >= 0.3 is 5.97 Å². The molecule has 0 unspecified atom stereocenters. The standard InChI is InChI=1S/C20H44O4Si2/c1-16(2)24-18(21)13-17(14-22-25(9,10)19(3,4)5)15-23-26(11,12)20(6,7)8/h16-17H,13-15H2,1-12H3. The molecule has 0 saturated carbocycles. The molecule has 0 bridgehead atoms. The van der Waals surface area contributed by atoms with Crippen molar-refractivity contribution >= 4 is 22.6 Å². The number of hydrogen-bond acceptors (Lipinski definition) is 4. The molecule has 156 valence electrons. The normalized spacial score (nSPS) is 14.2. The monoisotopic (exact) mass is 404 g/mol. The van der Waals surface area contributed by atoms with Gasteiger partial charge < -0.3 is 13.6 Å². The van der Waals surface area contributed by atoms with E-state index >= 15 is 0 Å². The van der Waals surface area contributed by atoms with Crippen molar-refractivity contribution in [2.45, 2.75) is 104 Å². The predicted octanol–water partition coefficient (Wildman–Crippen LogP) is 5.99. The maximum atomic E-state index is 12.2. The molecule has 0 aromatic rings. The average Bonchev–Trinajstić information content (AvgIpc) is 2.38. The maximum absolute atomic E-state index is 12.2. The van der Waals surface area contributed by atoms with E-state index in [0.717, 1.165) is 0 Å². The Labute approximate surface area is 164 Å². The van der Waals surface area contributed by atoms with E-state index < -0.39 is 16.6 Å². The Morgan fingerprint density at radius 2 is 1.15 bits per heavy atom. The third-order valence-corrected chi connectivity index (χ3v) is 14.8. The second-order valence-corrected chi connectivity index (χ2v) is 20.4. The topological polar surface area (TPSA) is 44.8 Å². The molecule has 0 aliphatic heterocycles. The fourth-order valence-corrected chi connectivity index (χ4v) is 3.97. The Morgan fingerprint density at radius 3 is 1.42 bits per heavy atom. The highest BCUT2D eigenvalue weighted by Gasteiger charge is 2.40. The smallest absolute Gasteiger partial charge is 0.306 e. The van der Waals surface area contributed by atoms with Gasteiger partial charge in [-0.15, -0.1) is 0 Å². The Balaban J connectivity index is 5.04. The summed E-state index contributed by atoms with van der Waals surface area (Å²) in [7, 11) is -3.72. The van der Waals surface area contributed by atoms with Crippen molar-refractivity contribution in [2.75, 3.05) is 13.2 Å². The van der Waals surface area contributed by atoms with Crippen LogP contribution in [-0.4, -0.2) is 41.9 Å². The quantitative estimate of drug-likeness (QED) is 0.350. The minimum Gasteiger partial charge on any atom is -0.463 e. The van der Waals surface area contributed by atoms with Gasteiger partial charge in [0.15, 0.2) is 16.6 Å². The van der Waals surface area contributed by atoms with Crippen molar-refractivity contribution in [3.63, 3.8) is 0 Å². The molecule has 4 nitrogen and oxygen atoms in total. The third kappa shape index (κ3) is 8.67. The first-order chi connectivity index (χ1) is 11.4. The van der Waals surface area contributed by atoms with Gasteiger partial charge in [-0.3, -0.25) is 4.79 Å². The van der Waals surface area contributed by atoms with Crippen molar-refractivity contribution in [2.24, 2.45) is 5.92 Å². The van der Waals surface area contributed by atoms with E-state index in [1.807, 2.05) is 13.8 Å². The molecule has 0 spiro atoms. The van der Waals surface area contributed by atoms with Crippen LogP contribution in [0.3, 0.4) is 0 Å². The van der Waals surface area contributed by atoms with Gasteiger partial charge in [0.25, 0.3) is 0 Å². The molecule has 26 heavy (non-hydrogen) atoms. The van der Waals surface area contributed by atoms with Gasteiger partial charge in [-0.05, 0) is 50.1 Å². The van der Waals surface area contributed by atoms with Crippen LogP contribution in [0.15, 0.2) is 0 Å². The molecule has 0 rings (SSSR count). The van der Waals surface area contributed by atoms with Crippen LogP contribution in [0.4, 0.5) is 0 Å². The second-order valence-electron chi connectivity index (χ2n) is 10.8. The van der Waals surface area contributed by atoms with Gasteiger partial charge in [-0.1, -0.05) is 41.5 Å². The van der Waals surface area contributed by atoms with Gasteiger partial charge in [-0.25, -0.2) is 0 Å². The van der Waals surface area contributed by atoms with Crippen molar-refractivity contribution in [3.8, 4) is 0 Å². The molecular weight excluding hydrogens is 360 g/mol. The maximum Gasteiger partial charge on any atom is 0.306 e. The van der Waals surface area contributed by atoms with Crippen LogP contribution in [0.25, 0.3) is 0 Å². The summed E-state index contributed by atoms with van der Waals surface area (Å²) in [5.41, 5.74) is 0. The van der Waals surface area contributed by atoms with E-state index in [-0.39, 0.29) is 28.1 Å². The first-order valence-corrected chi connectivity index (χ1v) is 15.7. The largest absolute Gasteiger partial charge is 0.463 e. The summed E-state index contributed by atoms with van der Waals surface area (Å²) < 4.78 is 18.1. The zero-order valence-electron chi connectivity index (χ0n) is 19.4. The molecule has 0 aliphatic rings. The number of hydrogen-bond donors (Lipinski definition) is 0. The zero-order valence-corrected chi connectivity index (χ0v) is 21.4. The van der Waals surface area contributed by atoms with E-state index in [9.17, 15) is 4.79 Å². The van der Waals surface area contributed by atoms with Crippen LogP contribution < -0.4 is 0 Å². The van der Waals surface area contributed by atoms with Gasteiger partial charge in [0, 0.05) is 19.1 Å². The Morgan fingerprint density at radius 1 is 0.808 bits per heavy atom. The van der Waals surface area contributed by atoms with Crippen molar-refractivity contribution in [1.29, 1.82) is 0 Å². The molecule has 0 aromatic heterocycles. The molecule has 6 heteroatoms. The van der Waals surface area contributed by atoms with Gasteiger partial charge in [0.2, 0.25) is 0 Å². The molecule has 0 atom stereocenters. The summed E-state index contributed by atoms with van der Waals surface area (Å²) >= 11 is 0. The number of carbonyl (C=O) groups excluding carboxylic acids is 1. The summed E-state index contributed by atoms with van der Waals surface area (Å²) in [6.45, 7) is 27.2. The molecule has 0 amide bonds. The van der Waals surface area contributed by atoms with Crippen LogP contribution >= 0.6 is 0 Å². The third-order valence-electron chi connectivity index (χ3n) is 5.79. The minimum atomic E-state index is -1.86. The average molecular weight is 405 g/mol. The van der Waals surface area contributed by atoms with Crippen LogP contribution in [0.5, 0.6) is 0 Å². The van der Waals surface area contributed by atoms with Crippen LogP contribution in [0.1, 0.15) is 61.8 Å². The first-order valence-electron chi connectivity index (χ1n) is 9.86. The van der Waals surface area contributed by atoms with E-state index in [0.29, 0.717) is 19.6 Å². The van der Waals surface area contributed by atoms with Crippen LogP contribution in [0.2, 0.25) is 36.3 Å². The predicted molar refractivity (Wildman–Crippen MR) is 116 cm³/mol. The van der Waals surface area contributed by atoms with Crippen LogP contribution in [-0.2, 0) is 18.4 Å². The van der Waals surface area contributed by atoms with Gasteiger partial charge in [0.1, 0.15) is 0 Å². The van der Waals surface area contributed by atoms with E-state index in [4.69, 9.17) is 13.6 Å². The summed E-state index contributed by atoms with van der Waals surface area (Å²) in [5.74, 6) is -0.132. The summed E-state index contributed by atoms with van der Waals surface area (Å²) in [6, 6.07) is 0. The fraction of sp³-hybridized carbons (Fsp3) is 0.950. The SMILES string of the molecule is CC(C)OC(=O)CC(CO[Si](C)(C)C(C)(C)C)CO[Si](C)(C)C(C)(C)C. The summed E-state index contributed by atoms with van der Waals surface area (Å²) in [5, 5.41) is 0.298. The number of rotatable bonds is 9. The lowest BCUT2D eigenvalue weighted by Gasteiger charge is -2.39. The molecule has 0 saturated heterocycles. The lowest BCUT2D eigenvalue weighted by Crippen LogP contribution is -2.45. The number of esters is 1. The van der Waals surface area contributed by atoms with Gasteiger partial charge in [0.05, 0.1) is 12.5 Å². The van der Waals surface area contributed by atoms with Crippen molar-refractivity contribution in [1.82, 2.24) is 0 Å². The molecule has 0 N–H and O–H groups in total.